The molecule has 1 heterocycles. The fraction of sp³-hybridized carbons (Fsp3) is 0.429. The number of benzene rings is 1. The SMILES string of the molecule is COC(c1ccccc1)c1noc(CCCCO)n1. The van der Waals surface area contributed by atoms with E-state index in [1.54, 1.807) is 7.11 Å². The Morgan fingerprint density at radius 2 is 2.05 bits per heavy atom. The molecule has 0 amide bonds. The van der Waals surface area contributed by atoms with E-state index in [-0.39, 0.29) is 12.7 Å². The second-order valence-electron chi connectivity index (χ2n) is 4.25. The highest BCUT2D eigenvalue weighted by Gasteiger charge is 2.19. The Balaban J connectivity index is 2.07. The van der Waals surface area contributed by atoms with Crippen LogP contribution < -0.4 is 0 Å². The molecule has 0 spiro atoms. The zero-order valence-corrected chi connectivity index (χ0v) is 11.0. The molecule has 1 atom stereocenters. The summed E-state index contributed by atoms with van der Waals surface area (Å²) in [6, 6.07) is 9.78. The Morgan fingerprint density at radius 1 is 1.26 bits per heavy atom. The predicted octanol–water partition coefficient (Wildman–Crippen LogP) is 2.12. The first-order chi connectivity index (χ1) is 9.35. The van der Waals surface area contributed by atoms with E-state index in [1.165, 1.54) is 0 Å². The van der Waals surface area contributed by atoms with Crippen molar-refractivity contribution >= 4 is 0 Å². The lowest BCUT2D eigenvalue weighted by Gasteiger charge is -2.10. The number of aliphatic hydroxyl groups is 1. The number of aromatic nitrogens is 2. The number of unbranched alkanes of at least 4 members (excludes halogenated alkanes) is 1. The molecule has 0 saturated heterocycles. The third-order valence-electron chi connectivity index (χ3n) is 2.86. The molecule has 5 heteroatoms. The maximum atomic E-state index is 8.74. The molecule has 0 fully saturated rings. The molecule has 5 nitrogen and oxygen atoms in total. The molecule has 0 bridgehead atoms. The number of hydrogen-bond donors (Lipinski definition) is 1. The topological polar surface area (TPSA) is 68.4 Å². The number of rotatable bonds is 7. The first-order valence-electron chi connectivity index (χ1n) is 6.36. The summed E-state index contributed by atoms with van der Waals surface area (Å²) in [6.07, 6.45) is 1.95. The van der Waals surface area contributed by atoms with Crippen LogP contribution in [-0.2, 0) is 11.2 Å². The summed E-state index contributed by atoms with van der Waals surface area (Å²) in [7, 11) is 1.62. The lowest BCUT2D eigenvalue weighted by atomic mass is 10.1. The molecule has 0 aliphatic rings. The standard InChI is InChI=1S/C14H18N2O3/c1-18-13(11-7-3-2-4-8-11)14-15-12(19-16-14)9-5-6-10-17/h2-4,7-8,13,17H,5-6,9-10H2,1H3. The van der Waals surface area contributed by atoms with Crippen LogP contribution in [0.25, 0.3) is 0 Å². The van der Waals surface area contributed by atoms with Crippen LogP contribution in [0.1, 0.15) is 36.2 Å². The van der Waals surface area contributed by atoms with Gasteiger partial charge in [0.2, 0.25) is 11.7 Å². The molecular formula is C14H18N2O3. The van der Waals surface area contributed by atoms with Gasteiger partial charge in [-0.2, -0.15) is 4.98 Å². The molecule has 0 aliphatic carbocycles. The van der Waals surface area contributed by atoms with Gasteiger partial charge in [-0.25, -0.2) is 0 Å². The van der Waals surface area contributed by atoms with Gasteiger partial charge in [0.25, 0.3) is 0 Å². The Hall–Kier alpha value is -1.72. The fourth-order valence-electron chi connectivity index (χ4n) is 1.88. The molecule has 102 valence electrons. The first kappa shape index (κ1) is 13.7. The van der Waals surface area contributed by atoms with Crippen molar-refractivity contribution in [2.24, 2.45) is 0 Å². The first-order valence-corrected chi connectivity index (χ1v) is 6.36. The maximum absolute atomic E-state index is 8.74. The molecule has 1 aromatic carbocycles. The van der Waals surface area contributed by atoms with Gasteiger partial charge in [0.15, 0.2) is 0 Å². The molecule has 2 rings (SSSR count). The van der Waals surface area contributed by atoms with Gasteiger partial charge in [0.1, 0.15) is 6.10 Å². The largest absolute Gasteiger partial charge is 0.396 e. The molecular weight excluding hydrogens is 244 g/mol. The second kappa shape index (κ2) is 7.01. The van der Waals surface area contributed by atoms with Crippen LogP contribution in [0.2, 0.25) is 0 Å². The number of methoxy groups -OCH3 is 1. The Labute approximate surface area is 112 Å². The second-order valence-corrected chi connectivity index (χ2v) is 4.25. The van der Waals surface area contributed by atoms with E-state index in [9.17, 15) is 0 Å². The van der Waals surface area contributed by atoms with E-state index in [1.807, 2.05) is 30.3 Å². The van der Waals surface area contributed by atoms with Crippen molar-refractivity contribution in [1.82, 2.24) is 10.1 Å². The smallest absolute Gasteiger partial charge is 0.226 e. The zero-order valence-electron chi connectivity index (χ0n) is 11.0. The van der Waals surface area contributed by atoms with Crippen molar-refractivity contribution in [1.29, 1.82) is 0 Å². The van der Waals surface area contributed by atoms with Crippen molar-refractivity contribution < 1.29 is 14.4 Å². The number of hydrogen-bond acceptors (Lipinski definition) is 5. The number of aliphatic hydroxyl groups excluding tert-OH is 1. The average molecular weight is 262 g/mol. The maximum Gasteiger partial charge on any atom is 0.226 e. The van der Waals surface area contributed by atoms with E-state index in [0.29, 0.717) is 18.1 Å². The fourth-order valence-corrected chi connectivity index (χ4v) is 1.88. The zero-order chi connectivity index (χ0) is 13.5. The van der Waals surface area contributed by atoms with Gasteiger partial charge in [-0.3, -0.25) is 0 Å². The van der Waals surface area contributed by atoms with E-state index in [4.69, 9.17) is 14.4 Å². The summed E-state index contributed by atoms with van der Waals surface area (Å²) in [5.74, 6) is 1.12. The molecule has 1 aromatic heterocycles. The molecule has 1 unspecified atom stereocenters. The quantitative estimate of drug-likeness (QED) is 0.774. The van der Waals surface area contributed by atoms with Gasteiger partial charge in [-0.15, -0.1) is 0 Å². The van der Waals surface area contributed by atoms with Crippen LogP contribution in [0.5, 0.6) is 0 Å². The summed E-state index contributed by atoms with van der Waals surface area (Å²) in [5, 5.41) is 12.7. The van der Waals surface area contributed by atoms with Crippen molar-refractivity contribution in [2.75, 3.05) is 13.7 Å². The van der Waals surface area contributed by atoms with E-state index in [2.05, 4.69) is 10.1 Å². The van der Waals surface area contributed by atoms with Gasteiger partial charge in [0.05, 0.1) is 0 Å². The van der Waals surface area contributed by atoms with Crippen LogP contribution in [0.3, 0.4) is 0 Å². The molecule has 0 radical (unpaired) electrons. The summed E-state index contributed by atoms with van der Waals surface area (Å²) >= 11 is 0. The Kier molecular flexibility index (Phi) is 5.06. The van der Waals surface area contributed by atoms with Crippen molar-refractivity contribution in [3.63, 3.8) is 0 Å². The van der Waals surface area contributed by atoms with Gasteiger partial charge in [-0.1, -0.05) is 35.5 Å². The van der Waals surface area contributed by atoms with Gasteiger partial charge in [-0.05, 0) is 18.4 Å². The molecule has 0 saturated carbocycles. The van der Waals surface area contributed by atoms with Crippen LogP contribution in [0.4, 0.5) is 0 Å². The lowest BCUT2D eigenvalue weighted by molar-refractivity contribution is 0.126. The van der Waals surface area contributed by atoms with Gasteiger partial charge in [0, 0.05) is 20.1 Å². The van der Waals surface area contributed by atoms with Crippen molar-refractivity contribution in [2.45, 2.75) is 25.4 Å². The number of ether oxygens (including phenoxy) is 1. The summed E-state index contributed by atoms with van der Waals surface area (Å²) in [6.45, 7) is 0.186. The third-order valence-corrected chi connectivity index (χ3v) is 2.86. The minimum atomic E-state index is -0.309. The monoisotopic (exact) mass is 262 g/mol. The minimum absolute atomic E-state index is 0.186. The molecule has 2 aromatic rings. The lowest BCUT2D eigenvalue weighted by Crippen LogP contribution is -2.05. The normalized spacial score (nSPS) is 12.5. The van der Waals surface area contributed by atoms with Crippen LogP contribution in [0.15, 0.2) is 34.9 Å². The predicted molar refractivity (Wildman–Crippen MR) is 69.6 cm³/mol. The van der Waals surface area contributed by atoms with Crippen LogP contribution >= 0.6 is 0 Å². The van der Waals surface area contributed by atoms with E-state index < -0.39 is 0 Å². The highest BCUT2D eigenvalue weighted by atomic mass is 16.5. The van der Waals surface area contributed by atoms with Crippen LogP contribution in [0, 0.1) is 0 Å². The molecule has 1 N–H and O–H groups in total. The Morgan fingerprint density at radius 3 is 2.74 bits per heavy atom. The Bertz CT molecular complexity index is 484. The third kappa shape index (κ3) is 3.62. The number of aryl methyl sites for hydroxylation is 1. The van der Waals surface area contributed by atoms with Crippen LogP contribution in [-0.4, -0.2) is 29.0 Å². The summed E-state index contributed by atoms with van der Waals surface area (Å²) < 4.78 is 10.6. The van der Waals surface area contributed by atoms with Gasteiger partial charge < -0.3 is 14.4 Å². The average Bonchev–Trinajstić information content (AvgIpc) is 2.90. The summed E-state index contributed by atoms with van der Waals surface area (Å²) in [4.78, 5) is 4.35. The van der Waals surface area contributed by atoms with E-state index in [0.717, 1.165) is 18.4 Å². The minimum Gasteiger partial charge on any atom is -0.396 e. The highest BCUT2D eigenvalue weighted by Crippen LogP contribution is 2.22. The van der Waals surface area contributed by atoms with Gasteiger partial charge >= 0.3 is 0 Å². The van der Waals surface area contributed by atoms with Crippen molar-refractivity contribution in [3.05, 3.63) is 47.6 Å². The van der Waals surface area contributed by atoms with Crippen molar-refractivity contribution in [3.8, 4) is 0 Å². The van der Waals surface area contributed by atoms with E-state index >= 15 is 0 Å². The number of nitrogens with zero attached hydrogens (tertiary/aromatic N) is 2. The molecule has 0 aliphatic heterocycles. The highest BCUT2D eigenvalue weighted by molar-refractivity contribution is 5.22. The summed E-state index contributed by atoms with van der Waals surface area (Å²) in [5.41, 5.74) is 0.993. The molecule has 19 heavy (non-hydrogen) atoms.